The van der Waals surface area contributed by atoms with Gasteiger partial charge >= 0.3 is 6.18 Å². The molecule has 144 valence electrons. The van der Waals surface area contributed by atoms with Crippen molar-refractivity contribution in [2.24, 2.45) is 0 Å². The number of hydrogen-bond acceptors (Lipinski definition) is 4. The molecule has 2 heterocycles. The average molecular weight is 379 g/mol. The van der Waals surface area contributed by atoms with Crippen molar-refractivity contribution in [1.82, 2.24) is 14.8 Å². The third-order valence-electron chi connectivity index (χ3n) is 4.30. The number of aromatic nitrogens is 1. The zero-order valence-corrected chi connectivity index (χ0v) is 14.7. The third-order valence-corrected chi connectivity index (χ3v) is 4.30. The standard InChI is InChI=1S/C19H20F3N3O2/c20-19(21,22)14-27-17-5-3-15(4-6-17)13-24-8-10-25(11-9-24)18(26)16-2-1-7-23-12-16/h1-7,12H,8-11,13-14H2. The maximum absolute atomic E-state index is 12.4. The summed E-state index contributed by atoms with van der Waals surface area (Å²) in [4.78, 5) is 20.4. The van der Waals surface area contributed by atoms with E-state index in [2.05, 4.69) is 9.88 Å². The van der Waals surface area contributed by atoms with E-state index in [1.54, 1.807) is 48.8 Å². The van der Waals surface area contributed by atoms with E-state index in [9.17, 15) is 18.0 Å². The molecular formula is C19H20F3N3O2. The van der Waals surface area contributed by atoms with Crippen molar-refractivity contribution < 1.29 is 22.7 Å². The first-order valence-electron chi connectivity index (χ1n) is 8.61. The molecule has 5 nitrogen and oxygen atoms in total. The van der Waals surface area contributed by atoms with Crippen LogP contribution in [0.4, 0.5) is 13.2 Å². The number of carbonyl (C=O) groups is 1. The molecule has 1 aromatic heterocycles. The van der Waals surface area contributed by atoms with Crippen molar-refractivity contribution >= 4 is 5.91 Å². The molecule has 27 heavy (non-hydrogen) atoms. The molecule has 0 bridgehead atoms. The molecule has 0 saturated carbocycles. The summed E-state index contributed by atoms with van der Waals surface area (Å²) in [5.41, 5.74) is 1.57. The van der Waals surface area contributed by atoms with E-state index >= 15 is 0 Å². The third kappa shape index (κ3) is 5.68. The number of hydrogen-bond donors (Lipinski definition) is 0. The summed E-state index contributed by atoms with van der Waals surface area (Å²) in [5, 5.41) is 0. The summed E-state index contributed by atoms with van der Waals surface area (Å²) in [6.07, 6.45) is -1.14. The largest absolute Gasteiger partial charge is 0.484 e. The number of carbonyl (C=O) groups excluding carboxylic acids is 1. The highest BCUT2D eigenvalue weighted by atomic mass is 19.4. The molecule has 0 N–H and O–H groups in total. The number of amides is 1. The Bertz CT molecular complexity index is 743. The second-order valence-electron chi connectivity index (χ2n) is 6.36. The van der Waals surface area contributed by atoms with Crippen molar-refractivity contribution in [2.75, 3.05) is 32.8 Å². The van der Waals surface area contributed by atoms with E-state index < -0.39 is 12.8 Å². The van der Waals surface area contributed by atoms with Crippen LogP contribution in [0.1, 0.15) is 15.9 Å². The van der Waals surface area contributed by atoms with Gasteiger partial charge in [-0.25, -0.2) is 0 Å². The van der Waals surface area contributed by atoms with Crippen LogP contribution in [0.25, 0.3) is 0 Å². The molecule has 8 heteroatoms. The molecule has 0 unspecified atom stereocenters. The van der Waals surface area contributed by atoms with Crippen LogP contribution in [0.2, 0.25) is 0 Å². The molecule has 1 aromatic carbocycles. The zero-order valence-electron chi connectivity index (χ0n) is 14.7. The van der Waals surface area contributed by atoms with Gasteiger partial charge in [0, 0.05) is 45.1 Å². The Balaban J connectivity index is 1.47. The van der Waals surface area contributed by atoms with Gasteiger partial charge in [-0.3, -0.25) is 14.7 Å². The highest BCUT2D eigenvalue weighted by Gasteiger charge is 2.28. The number of benzene rings is 1. The summed E-state index contributed by atoms with van der Waals surface area (Å²) in [6, 6.07) is 10.1. The van der Waals surface area contributed by atoms with Crippen LogP contribution in [0.15, 0.2) is 48.8 Å². The molecule has 0 atom stereocenters. The van der Waals surface area contributed by atoms with Crippen molar-refractivity contribution in [3.8, 4) is 5.75 Å². The topological polar surface area (TPSA) is 45.7 Å². The highest BCUT2D eigenvalue weighted by Crippen LogP contribution is 2.19. The Morgan fingerprint density at radius 3 is 2.37 bits per heavy atom. The molecule has 1 fully saturated rings. The predicted octanol–water partition coefficient (Wildman–Crippen LogP) is 2.98. The van der Waals surface area contributed by atoms with E-state index in [1.807, 2.05) is 4.90 Å². The molecule has 0 radical (unpaired) electrons. The number of ether oxygens (including phenoxy) is 1. The van der Waals surface area contributed by atoms with Gasteiger partial charge in [-0.15, -0.1) is 0 Å². The lowest BCUT2D eigenvalue weighted by Gasteiger charge is -2.34. The van der Waals surface area contributed by atoms with Crippen LogP contribution >= 0.6 is 0 Å². The lowest BCUT2D eigenvalue weighted by Crippen LogP contribution is -2.48. The maximum atomic E-state index is 12.4. The van der Waals surface area contributed by atoms with Crippen molar-refractivity contribution in [2.45, 2.75) is 12.7 Å². The molecule has 0 aliphatic carbocycles. The minimum absolute atomic E-state index is 0.0195. The Morgan fingerprint density at radius 1 is 1.07 bits per heavy atom. The number of halogens is 3. The Morgan fingerprint density at radius 2 is 1.78 bits per heavy atom. The molecular weight excluding hydrogens is 359 g/mol. The summed E-state index contributed by atoms with van der Waals surface area (Å²) in [6.45, 7) is 2.10. The van der Waals surface area contributed by atoms with E-state index in [0.717, 1.165) is 18.7 Å². The number of piperazine rings is 1. The summed E-state index contributed by atoms with van der Waals surface area (Å²) >= 11 is 0. The lowest BCUT2D eigenvalue weighted by molar-refractivity contribution is -0.153. The van der Waals surface area contributed by atoms with Crippen molar-refractivity contribution in [3.63, 3.8) is 0 Å². The second-order valence-corrected chi connectivity index (χ2v) is 6.36. The lowest BCUT2D eigenvalue weighted by atomic mass is 10.1. The highest BCUT2D eigenvalue weighted by molar-refractivity contribution is 5.93. The maximum Gasteiger partial charge on any atom is 0.422 e. The predicted molar refractivity (Wildman–Crippen MR) is 93.4 cm³/mol. The van der Waals surface area contributed by atoms with E-state index in [-0.39, 0.29) is 11.7 Å². The molecule has 1 aliphatic rings. The van der Waals surface area contributed by atoms with Crippen LogP contribution in [0.5, 0.6) is 5.75 Å². The van der Waals surface area contributed by atoms with Crippen LogP contribution < -0.4 is 4.74 Å². The van der Waals surface area contributed by atoms with Crippen molar-refractivity contribution in [3.05, 3.63) is 59.9 Å². The molecule has 1 amide bonds. The van der Waals surface area contributed by atoms with Crippen molar-refractivity contribution in [1.29, 1.82) is 0 Å². The van der Waals surface area contributed by atoms with Crippen LogP contribution in [-0.2, 0) is 6.54 Å². The first-order valence-corrected chi connectivity index (χ1v) is 8.61. The van der Waals surface area contributed by atoms with Gasteiger partial charge in [-0.05, 0) is 29.8 Å². The quantitative estimate of drug-likeness (QED) is 0.801. The summed E-state index contributed by atoms with van der Waals surface area (Å²) in [5.74, 6) is 0.178. The monoisotopic (exact) mass is 379 g/mol. The Labute approximate surface area is 155 Å². The molecule has 3 rings (SSSR count). The van der Waals surface area contributed by atoms with Gasteiger partial charge in [0.2, 0.25) is 0 Å². The second kappa shape index (κ2) is 8.39. The fourth-order valence-corrected chi connectivity index (χ4v) is 2.90. The molecule has 1 saturated heterocycles. The minimum atomic E-state index is -4.34. The fraction of sp³-hybridized carbons (Fsp3) is 0.368. The summed E-state index contributed by atoms with van der Waals surface area (Å²) in [7, 11) is 0. The first kappa shape index (κ1) is 19.2. The summed E-state index contributed by atoms with van der Waals surface area (Å²) < 4.78 is 41.2. The van der Waals surface area contributed by atoms with E-state index in [0.29, 0.717) is 25.2 Å². The molecule has 1 aliphatic heterocycles. The Hall–Kier alpha value is -2.61. The van der Waals surface area contributed by atoms with Gasteiger partial charge < -0.3 is 9.64 Å². The number of alkyl halides is 3. The normalized spacial score (nSPS) is 15.6. The SMILES string of the molecule is O=C(c1cccnc1)N1CCN(Cc2ccc(OCC(F)(F)F)cc2)CC1. The van der Waals surface area contributed by atoms with Gasteiger partial charge in [-0.1, -0.05) is 12.1 Å². The molecule has 2 aromatic rings. The van der Waals surface area contributed by atoms with Gasteiger partial charge in [0.1, 0.15) is 5.75 Å². The van der Waals surface area contributed by atoms with Gasteiger partial charge in [0.05, 0.1) is 5.56 Å². The van der Waals surface area contributed by atoms with Gasteiger partial charge in [-0.2, -0.15) is 13.2 Å². The van der Waals surface area contributed by atoms with Crippen LogP contribution in [0.3, 0.4) is 0 Å². The van der Waals surface area contributed by atoms with E-state index in [1.165, 1.54) is 0 Å². The Kier molecular flexibility index (Phi) is 5.95. The number of nitrogens with zero attached hydrogens (tertiary/aromatic N) is 3. The number of pyridine rings is 1. The van der Waals surface area contributed by atoms with Gasteiger partial charge in [0.25, 0.3) is 5.91 Å². The number of rotatable bonds is 5. The first-order chi connectivity index (χ1) is 12.9. The fourth-order valence-electron chi connectivity index (χ4n) is 2.90. The van der Waals surface area contributed by atoms with E-state index in [4.69, 9.17) is 4.74 Å². The average Bonchev–Trinajstić information content (AvgIpc) is 2.68. The van der Waals surface area contributed by atoms with Gasteiger partial charge in [0.15, 0.2) is 6.61 Å². The zero-order chi connectivity index (χ0) is 19.3. The minimum Gasteiger partial charge on any atom is -0.484 e. The van der Waals surface area contributed by atoms with Crippen LogP contribution in [-0.4, -0.2) is 59.7 Å². The van der Waals surface area contributed by atoms with Crippen LogP contribution in [0, 0.1) is 0 Å². The smallest absolute Gasteiger partial charge is 0.422 e. The molecule has 0 spiro atoms.